The van der Waals surface area contributed by atoms with Crippen molar-refractivity contribution in [3.63, 3.8) is 0 Å². The summed E-state index contributed by atoms with van der Waals surface area (Å²) in [6.07, 6.45) is 0.713. The Morgan fingerprint density at radius 1 is 1.00 bits per heavy atom. The van der Waals surface area contributed by atoms with E-state index in [4.69, 9.17) is 4.74 Å². The van der Waals surface area contributed by atoms with Crippen LogP contribution in [0.3, 0.4) is 0 Å². The molecule has 2 aromatic rings. The SMILES string of the molecule is O=C(c1cc(-c2ccccc2)c(N2CCOCC2)s1)N1CCN([C@@H]2CCS(=O)(=O)C2)CC1. The minimum absolute atomic E-state index is 0.0744. The maximum absolute atomic E-state index is 13.4. The number of piperazine rings is 1. The molecule has 32 heavy (non-hydrogen) atoms. The minimum atomic E-state index is -2.89. The third kappa shape index (κ3) is 4.57. The van der Waals surface area contributed by atoms with E-state index in [0.717, 1.165) is 47.2 Å². The van der Waals surface area contributed by atoms with Crippen molar-refractivity contribution in [3.8, 4) is 11.1 Å². The van der Waals surface area contributed by atoms with Crippen molar-refractivity contribution in [2.24, 2.45) is 0 Å². The van der Waals surface area contributed by atoms with E-state index in [9.17, 15) is 13.2 Å². The van der Waals surface area contributed by atoms with E-state index in [2.05, 4.69) is 21.9 Å². The van der Waals surface area contributed by atoms with Crippen LogP contribution in [0, 0.1) is 0 Å². The number of anilines is 1. The summed E-state index contributed by atoms with van der Waals surface area (Å²) >= 11 is 1.57. The zero-order valence-corrected chi connectivity index (χ0v) is 19.7. The molecule has 0 saturated carbocycles. The highest BCUT2D eigenvalue weighted by atomic mass is 32.2. The van der Waals surface area contributed by atoms with Gasteiger partial charge in [-0.1, -0.05) is 30.3 Å². The number of sulfone groups is 1. The Morgan fingerprint density at radius 2 is 1.72 bits per heavy atom. The number of nitrogens with zero attached hydrogens (tertiary/aromatic N) is 3. The van der Waals surface area contributed by atoms with Gasteiger partial charge in [0, 0.05) is 50.9 Å². The largest absolute Gasteiger partial charge is 0.378 e. The number of morpholine rings is 1. The van der Waals surface area contributed by atoms with E-state index in [1.807, 2.05) is 29.2 Å². The van der Waals surface area contributed by atoms with E-state index >= 15 is 0 Å². The van der Waals surface area contributed by atoms with Gasteiger partial charge < -0.3 is 14.5 Å². The van der Waals surface area contributed by atoms with Crippen LogP contribution in [-0.4, -0.2) is 94.2 Å². The predicted molar refractivity (Wildman–Crippen MR) is 127 cm³/mol. The van der Waals surface area contributed by atoms with Crippen LogP contribution >= 0.6 is 11.3 Å². The van der Waals surface area contributed by atoms with Crippen molar-refractivity contribution in [3.05, 3.63) is 41.3 Å². The Labute approximate surface area is 193 Å². The lowest BCUT2D eigenvalue weighted by atomic mass is 10.1. The molecule has 4 heterocycles. The maximum atomic E-state index is 13.4. The first-order chi connectivity index (χ1) is 15.5. The molecular weight excluding hydrogens is 446 g/mol. The third-order valence-corrected chi connectivity index (χ3v) is 9.57. The molecule has 3 aliphatic rings. The fourth-order valence-electron chi connectivity index (χ4n) is 4.82. The normalized spacial score (nSPS) is 24.1. The molecule has 1 aromatic carbocycles. The van der Waals surface area contributed by atoms with Crippen LogP contribution in [0.2, 0.25) is 0 Å². The highest BCUT2D eigenvalue weighted by Gasteiger charge is 2.35. The molecular formula is C23H29N3O4S2. The molecule has 0 bridgehead atoms. The first-order valence-electron chi connectivity index (χ1n) is 11.3. The summed E-state index contributed by atoms with van der Waals surface area (Å²) in [7, 11) is -2.89. The smallest absolute Gasteiger partial charge is 0.264 e. The van der Waals surface area contributed by atoms with E-state index in [0.29, 0.717) is 38.5 Å². The molecule has 5 rings (SSSR count). The Morgan fingerprint density at radius 3 is 2.38 bits per heavy atom. The van der Waals surface area contributed by atoms with Crippen molar-refractivity contribution in [1.29, 1.82) is 0 Å². The maximum Gasteiger partial charge on any atom is 0.264 e. The van der Waals surface area contributed by atoms with Crippen LogP contribution in [0.4, 0.5) is 5.00 Å². The monoisotopic (exact) mass is 475 g/mol. The van der Waals surface area contributed by atoms with Gasteiger partial charge in [0.25, 0.3) is 5.91 Å². The topological polar surface area (TPSA) is 70.2 Å². The number of carbonyl (C=O) groups is 1. The van der Waals surface area contributed by atoms with Gasteiger partial charge in [0.1, 0.15) is 0 Å². The number of carbonyl (C=O) groups excluding carboxylic acids is 1. The molecule has 0 unspecified atom stereocenters. The van der Waals surface area contributed by atoms with Crippen molar-refractivity contribution < 1.29 is 17.9 Å². The Kier molecular flexibility index (Phi) is 6.24. The van der Waals surface area contributed by atoms with Crippen LogP contribution in [-0.2, 0) is 14.6 Å². The van der Waals surface area contributed by atoms with Crippen molar-refractivity contribution in [2.75, 3.05) is 68.9 Å². The highest BCUT2D eigenvalue weighted by Crippen LogP contribution is 2.40. The van der Waals surface area contributed by atoms with E-state index in [1.54, 1.807) is 11.3 Å². The third-order valence-electron chi connectivity index (χ3n) is 6.63. The summed E-state index contributed by atoms with van der Waals surface area (Å²) in [6.45, 7) is 5.82. The number of hydrogen-bond acceptors (Lipinski definition) is 7. The zero-order chi connectivity index (χ0) is 22.1. The van der Waals surface area contributed by atoms with Crippen molar-refractivity contribution >= 4 is 32.1 Å². The van der Waals surface area contributed by atoms with Gasteiger partial charge in [0.2, 0.25) is 0 Å². The molecule has 1 amide bonds. The summed E-state index contributed by atoms with van der Waals surface area (Å²) in [6, 6.07) is 12.4. The Bertz CT molecular complexity index is 1060. The van der Waals surface area contributed by atoms with Gasteiger partial charge in [-0.2, -0.15) is 0 Å². The second kappa shape index (κ2) is 9.13. The average molecular weight is 476 g/mol. The van der Waals surface area contributed by atoms with Crippen molar-refractivity contribution in [2.45, 2.75) is 12.5 Å². The molecule has 3 aliphatic heterocycles. The number of thiophene rings is 1. The van der Waals surface area contributed by atoms with E-state index in [-0.39, 0.29) is 17.7 Å². The average Bonchev–Trinajstić information content (AvgIpc) is 3.43. The first-order valence-corrected chi connectivity index (χ1v) is 13.9. The summed E-state index contributed by atoms with van der Waals surface area (Å²) in [5.74, 6) is 0.624. The lowest BCUT2D eigenvalue weighted by Crippen LogP contribution is -2.52. The van der Waals surface area contributed by atoms with Gasteiger partial charge in [-0.15, -0.1) is 11.3 Å². The number of rotatable bonds is 4. The summed E-state index contributed by atoms with van der Waals surface area (Å²) in [4.78, 5) is 20.6. The Balaban J connectivity index is 1.32. The summed E-state index contributed by atoms with van der Waals surface area (Å²) in [5.41, 5.74) is 2.23. The number of hydrogen-bond donors (Lipinski definition) is 0. The van der Waals surface area contributed by atoms with Crippen LogP contribution in [0.15, 0.2) is 36.4 Å². The second-order valence-electron chi connectivity index (χ2n) is 8.68. The zero-order valence-electron chi connectivity index (χ0n) is 18.1. The summed E-state index contributed by atoms with van der Waals surface area (Å²) < 4.78 is 29.2. The molecule has 0 spiro atoms. The quantitative estimate of drug-likeness (QED) is 0.675. The standard InChI is InChI=1S/C23H29N3O4S2/c27-22(25-9-7-24(8-10-25)19-6-15-32(28,29)17-19)21-16-20(18-4-2-1-3-5-18)23(31-21)26-11-13-30-14-12-26/h1-5,16,19H,6-15,17H2/t19-/m1/s1. The van der Waals surface area contributed by atoms with E-state index in [1.165, 1.54) is 0 Å². The lowest BCUT2D eigenvalue weighted by Gasteiger charge is -2.37. The number of amides is 1. The van der Waals surface area contributed by atoms with Gasteiger partial charge in [-0.3, -0.25) is 9.69 Å². The highest BCUT2D eigenvalue weighted by molar-refractivity contribution is 7.91. The minimum Gasteiger partial charge on any atom is -0.378 e. The number of benzene rings is 1. The fourth-order valence-corrected chi connectivity index (χ4v) is 7.78. The lowest BCUT2D eigenvalue weighted by molar-refractivity contribution is 0.0592. The molecule has 9 heteroatoms. The van der Waals surface area contributed by atoms with Crippen LogP contribution < -0.4 is 4.90 Å². The molecule has 0 radical (unpaired) electrons. The van der Waals surface area contributed by atoms with Crippen LogP contribution in [0.5, 0.6) is 0 Å². The molecule has 1 atom stereocenters. The molecule has 3 saturated heterocycles. The van der Waals surface area contributed by atoms with E-state index < -0.39 is 9.84 Å². The van der Waals surface area contributed by atoms with Crippen LogP contribution in [0.1, 0.15) is 16.1 Å². The number of ether oxygens (including phenoxy) is 1. The predicted octanol–water partition coefficient (Wildman–Crippen LogP) is 2.20. The van der Waals surface area contributed by atoms with Crippen molar-refractivity contribution in [1.82, 2.24) is 9.80 Å². The first kappa shape index (κ1) is 21.9. The van der Waals surface area contributed by atoms with Gasteiger partial charge in [-0.05, 0) is 18.1 Å². The molecule has 1 aromatic heterocycles. The second-order valence-corrected chi connectivity index (χ2v) is 11.9. The molecule has 172 valence electrons. The summed E-state index contributed by atoms with van der Waals surface area (Å²) in [5, 5.41) is 1.14. The molecule has 0 N–H and O–H groups in total. The molecule has 0 aliphatic carbocycles. The van der Waals surface area contributed by atoms with Gasteiger partial charge in [-0.25, -0.2) is 8.42 Å². The van der Waals surface area contributed by atoms with Gasteiger partial charge in [0.15, 0.2) is 9.84 Å². The van der Waals surface area contributed by atoms with Gasteiger partial charge >= 0.3 is 0 Å². The fraction of sp³-hybridized carbons (Fsp3) is 0.522. The molecule has 7 nitrogen and oxygen atoms in total. The molecule has 3 fully saturated rings. The Hall–Kier alpha value is -1.94. The van der Waals surface area contributed by atoms with Crippen LogP contribution in [0.25, 0.3) is 11.1 Å². The van der Waals surface area contributed by atoms with Gasteiger partial charge in [0.05, 0.1) is 34.6 Å².